The SMILES string of the molecule is CC1(C)C2=C(C=CCC=C2)N(c2cccc3c2-c2ccccc2C32c3ccc4ccccc4c3Oc3c2ccc2ccccc32)c2ccccc21. The predicted octanol–water partition coefficient (Wildman–Crippen LogP) is 12.7. The first kappa shape index (κ1) is 28.7. The molecule has 0 atom stereocenters. The van der Waals surface area contributed by atoms with E-state index in [0.717, 1.165) is 28.7 Å². The minimum Gasteiger partial charge on any atom is -0.455 e. The zero-order valence-electron chi connectivity index (χ0n) is 28.7. The van der Waals surface area contributed by atoms with Crippen LogP contribution in [0.4, 0.5) is 11.4 Å². The maximum absolute atomic E-state index is 7.19. The van der Waals surface area contributed by atoms with E-state index < -0.39 is 5.41 Å². The molecule has 51 heavy (non-hydrogen) atoms. The molecule has 7 aromatic rings. The maximum atomic E-state index is 7.19. The first-order chi connectivity index (χ1) is 25.1. The van der Waals surface area contributed by atoms with E-state index in [1.165, 1.54) is 72.4 Å². The highest BCUT2D eigenvalue weighted by Crippen LogP contribution is 2.66. The van der Waals surface area contributed by atoms with E-state index in [0.29, 0.717) is 0 Å². The van der Waals surface area contributed by atoms with Crippen LogP contribution in [0.5, 0.6) is 11.5 Å². The fraction of sp³-hybridized carbons (Fsp3) is 0.102. The lowest BCUT2D eigenvalue weighted by Gasteiger charge is -2.43. The van der Waals surface area contributed by atoms with Gasteiger partial charge in [-0.15, -0.1) is 0 Å². The second kappa shape index (κ2) is 10.2. The molecule has 4 aliphatic rings. The monoisotopic (exact) mass is 653 g/mol. The predicted molar refractivity (Wildman–Crippen MR) is 210 cm³/mol. The molecule has 2 heteroatoms. The molecular formula is C49H35NO. The van der Waals surface area contributed by atoms with Crippen LogP contribution in [0.1, 0.15) is 48.1 Å². The Kier molecular flexibility index (Phi) is 5.75. The van der Waals surface area contributed by atoms with Crippen molar-refractivity contribution >= 4 is 32.9 Å². The number of fused-ring (bicyclic) bond motifs is 14. The number of hydrogen-bond donors (Lipinski definition) is 0. The third-order valence-electron chi connectivity index (χ3n) is 11.9. The van der Waals surface area contributed by atoms with Crippen molar-refractivity contribution < 1.29 is 4.74 Å². The van der Waals surface area contributed by atoms with Gasteiger partial charge in [0.2, 0.25) is 0 Å². The zero-order chi connectivity index (χ0) is 33.9. The van der Waals surface area contributed by atoms with Gasteiger partial charge in [0.1, 0.15) is 11.5 Å². The summed E-state index contributed by atoms with van der Waals surface area (Å²) in [4.78, 5) is 2.54. The molecule has 0 unspecified atom stereocenters. The maximum Gasteiger partial charge on any atom is 0.140 e. The fourth-order valence-corrected chi connectivity index (χ4v) is 9.69. The Morgan fingerprint density at radius 2 is 1.10 bits per heavy atom. The van der Waals surface area contributed by atoms with Crippen molar-refractivity contribution in [3.8, 4) is 22.6 Å². The van der Waals surface area contributed by atoms with Crippen LogP contribution in [-0.4, -0.2) is 0 Å². The molecule has 0 N–H and O–H groups in total. The van der Waals surface area contributed by atoms with Crippen molar-refractivity contribution in [1.29, 1.82) is 0 Å². The summed E-state index contributed by atoms with van der Waals surface area (Å²) in [6.45, 7) is 4.73. The number of hydrogen-bond acceptors (Lipinski definition) is 2. The first-order valence-electron chi connectivity index (χ1n) is 18.0. The molecule has 0 fully saturated rings. The molecule has 0 saturated carbocycles. The first-order valence-corrected chi connectivity index (χ1v) is 18.0. The summed E-state index contributed by atoms with van der Waals surface area (Å²) >= 11 is 0. The van der Waals surface area contributed by atoms with E-state index in [-0.39, 0.29) is 5.41 Å². The van der Waals surface area contributed by atoms with Gasteiger partial charge < -0.3 is 9.64 Å². The highest BCUT2D eigenvalue weighted by Gasteiger charge is 2.53. The van der Waals surface area contributed by atoms with Crippen LogP contribution < -0.4 is 9.64 Å². The van der Waals surface area contributed by atoms with E-state index in [2.05, 4.69) is 183 Å². The van der Waals surface area contributed by atoms with E-state index >= 15 is 0 Å². The summed E-state index contributed by atoms with van der Waals surface area (Å²) in [6, 6.07) is 51.5. The van der Waals surface area contributed by atoms with Crippen LogP contribution in [-0.2, 0) is 10.8 Å². The Bertz CT molecular complexity index is 2660. The van der Waals surface area contributed by atoms with Crippen molar-refractivity contribution in [3.05, 3.63) is 203 Å². The van der Waals surface area contributed by atoms with Crippen LogP contribution in [0.2, 0.25) is 0 Å². The lowest BCUT2D eigenvalue weighted by Crippen LogP contribution is -2.34. The zero-order valence-corrected chi connectivity index (χ0v) is 28.7. The Hall–Kier alpha value is -6.12. The summed E-state index contributed by atoms with van der Waals surface area (Å²) in [5, 5.41) is 4.62. The van der Waals surface area contributed by atoms with Crippen LogP contribution >= 0.6 is 0 Å². The molecule has 7 aromatic carbocycles. The minimum absolute atomic E-state index is 0.147. The minimum atomic E-state index is -0.593. The number of para-hydroxylation sites is 1. The van der Waals surface area contributed by atoms with Gasteiger partial charge in [-0.05, 0) is 63.2 Å². The Labute approximate surface area is 298 Å². The molecule has 2 nitrogen and oxygen atoms in total. The molecular weight excluding hydrogens is 619 g/mol. The van der Waals surface area contributed by atoms with Crippen LogP contribution in [0.25, 0.3) is 32.7 Å². The van der Waals surface area contributed by atoms with Gasteiger partial charge in [0, 0.05) is 38.6 Å². The van der Waals surface area contributed by atoms with Gasteiger partial charge in [-0.2, -0.15) is 0 Å². The Morgan fingerprint density at radius 1 is 0.510 bits per heavy atom. The van der Waals surface area contributed by atoms with Crippen molar-refractivity contribution in [3.63, 3.8) is 0 Å². The van der Waals surface area contributed by atoms with E-state index in [1.54, 1.807) is 0 Å². The van der Waals surface area contributed by atoms with Gasteiger partial charge in [-0.25, -0.2) is 0 Å². The summed E-state index contributed by atoms with van der Waals surface area (Å²) in [6.07, 6.45) is 10.2. The molecule has 242 valence electrons. The van der Waals surface area contributed by atoms with Crippen LogP contribution in [0, 0.1) is 0 Å². The Balaban J connectivity index is 1.30. The largest absolute Gasteiger partial charge is 0.455 e. The third kappa shape index (κ3) is 3.62. The number of ether oxygens (including phenoxy) is 1. The lowest BCUT2D eigenvalue weighted by molar-refractivity contribution is 0.447. The average molecular weight is 654 g/mol. The van der Waals surface area contributed by atoms with Crippen molar-refractivity contribution in [2.24, 2.45) is 0 Å². The number of anilines is 2. The summed E-state index contributed by atoms with van der Waals surface area (Å²) in [5.74, 6) is 1.88. The number of allylic oxidation sites excluding steroid dienone is 5. The Morgan fingerprint density at radius 3 is 1.84 bits per heavy atom. The lowest BCUT2D eigenvalue weighted by atomic mass is 9.65. The molecule has 0 amide bonds. The molecule has 0 aromatic heterocycles. The van der Waals surface area contributed by atoms with Gasteiger partial charge in [-0.3, -0.25) is 0 Å². The fourth-order valence-electron chi connectivity index (χ4n) is 9.69. The summed E-state index contributed by atoms with van der Waals surface area (Å²) in [7, 11) is 0. The molecule has 11 rings (SSSR count). The highest BCUT2D eigenvalue weighted by molar-refractivity contribution is 6.02. The molecule has 0 radical (unpaired) electrons. The molecule has 2 aliphatic carbocycles. The standard InChI is InChI=1S/C49H35NO/c1-48(2)37-21-4-3-5-24-42(37)50(43-25-13-12-22-38(43)48)44-26-14-23-39-45(44)35-19-10-11-20-36(35)49(39)40-29-27-31-15-6-8-17-33(31)46(40)51-47-34-18-9-7-16-32(34)28-30-41(47)49/h4-30H,3H2,1-2H3. The second-order valence-corrected chi connectivity index (χ2v) is 14.7. The summed E-state index contributed by atoms with van der Waals surface area (Å²) in [5.41, 5.74) is 13.1. The molecule has 1 spiro atoms. The quantitative estimate of drug-likeness (QED) is 0.175. The van der Waals surface area contributed by atoms with Crippen LogP contribution in [0.3, 0.4) is 0 Å². The third-order valence-corrected chi connectivity index (χ3v) is 11.9. The average Bonchev–Trinajstić information content (AvgIpc) is 3.27. The molecule has 0 bridgehead atoms. The van der Waals surface area contributed by atoms with E-state index in [1.807, 2.05) is 0 Å². The van der Waals surface area contributed by atoms with Gasteiger partial charge >= 0.3 is 0 Å². The van der Waals surface area contributed by atoms with Gasteiger partial charge in [0.25, 0.3) is 0 Å². The normalized spacial score (nSPS) is 16.9. The van der Waals surface area contributed by atoms with Crippen LogP contribution in [0.15, 0.2) is 175 Å². The number of rotatable bonds is 1. The van der Waals surface area contributed by atoms with Gasteiger partial charge in [0.05, 0.1) is 16.8 Å². The van der Waals surface area contributed by atoms with Crippen molar-refractivity contribution in [2.45, 2.75) is 31.1 Å². The van der Waals surface area contributed by atoms with E-state index in [4.69, 9.17) is 4.74 Å². The molecule has 0 saturated heterocycles. The van der Waals surface area contributed by atoms with Gasteiger partial charge in [0.15, 0.2) is 0 Å². The van der Waals surface area contributed by atoms with E-state index in [9.17, 15) is 0 Å². The highest BCUT2D eigenvalue weighted by atomic mass is 16.5. The number of benzene rings is 7. The topological polar surface area (TPSA) is 12.5 Å². The summed E-state index contributed by atoms with van der Waals surface area (Å²) < 4.78 is 7.19. The second-order valence-electron chi connectivity index (χ2n) is 14.7. The van der Waals surface area contributed by atoms with Crippen molar-refractivity contribution in [1.82, 2.24) is 0 Å². The number of nitrogens with zero attached hydrogens (tertiary/aromatic N) is 1. The van der Waals surface area contributed by atoms with Crippen molar-refractivity contribution in [2.75, 3.05) is 4.90 Å². The smallest absolute Gasteiger partial charge is 0.140 e. The molecule has 2 aliphatic heterocycles. The van der Waals surface area contributed by atoms with Gasteiger partial charge in [-0.1, -0.05) is 159 Å². The molecule has 2 heterocycles.